The maximum atomic E-state index is 4.58. The number of nitrogens with one attached hydrogen (secondary N) is 1. The molecule has 0 aliphatic carbocycles. The summed E-state index contributed by atoms with van der Waals surface area (Å²) in [5.74, 6) is 0. The van der Waals surface area contributed by atoms with E-state index in [-0.39, 0.29) is 6.04 Å². The molecular weight excluding hydrogens is 258 g/mol. The third-order valence-electron chi connectivity index (χ3n) is 3.95. The Morgan fingerprint density at radius 3 is 2.67 bits per heavy atom. The highest BCUT2D eigenvalue weighted by Gasteiger charge is 2.19. The van der Waals surface area contributed by atoms with Crippen LogP contribution in [0.15, 0.2) is 48.5 Å². The standard InChI is InChI=1S/C18H21N3/c1-4-21-17(12-13(2)20-21)18(19-3)16-11-7-9-14-8-5-6-10-15(14)16/h5-12,18-19H,4H2,1-3H3. The van der Waals surface area contributed by atoms with E-state index >= 15 is 0 Å². The molecular formula is C18H21N3. The Morgan fingerprint density at radius 2 is 1.90 bits per heavy atom. The minimum atomic E-state index is 0.150. The number of aromatic nitrogens is 2. The fraction of sp³-hybridized carbons (Fsp3) is 0.278. The van der Waals surface area contributed by atoms with E-state index in [0.29, 0.717) is 0 Å². The van der Waals surface area contributed by atoms with Gasteiger partial charge in [-0.05, 0) is 43.3 Å². The van der Waals surface area contributed by atoms with Gasteiger partial charge in [-0.25, -0.2) is 0 Å². The van der Waals surface area contributed by atoms with Gasteiger partial charge in [-0.1, -0.05) is 42.5 Å². The van der Waals surface area contributed by atoms with Crippen LogP contribution in [0.5, 0.6) is 0 Å². The molecule has 0 bridgehead atoms. The van der Waals surface area contributed by atoms with Crippen molar-refractivity contribution in [3.05, 3.63) is 65.5 Å². The second-order valence-electron chi connectivity index (χ2n) is 5.32. The molecule has 2 aromatic carbocycles. The summed E-state index contributed by atoms with van der Waals surface area (Å²) in [5, 5.41) is 10.6. The highest BCUT2D eigenvalue weighted by Crippen LogP contribution is 2.29. The summed E-state index contributed by atoms with van der Waals surface area (Å²) in [7, 11) is 2.01. The Labute approximate surface area is 125 Å². The fourth-order valence-electron chi connectivity index (χ4n) is 3.02. The minimum absolute atomic E-state index is 0.150. The predicted octanol–water partition coefficient (Wildman–Crippen LogP) is 3.67. The van der Waals surface area contributed by atoms with E-state index in [2.05, 4.69) is 70.6 Å². The summed E-state index contributed by atoms with van der Waals surface area (Å²) in [6, 6.07) is 17.3. The van der Waals surface area contributed by atoms with Crippen molar-refractivity contribution in [1.82, 2.24) is 15.1 Å². The Balaban J connectivity index is 2.18. The van der Waals surface area contributed by atoms with Crippen molar-refractivity contribution in [1.29, 1.82) is 0 Å². The van der Waals surface area contributed by atoms with Crippen LogP contribution in [-0.2, 0) is 6.54 Å². The van der Waals surface area contributed by atoms with E-state index in [4.69, 9.17) is 0 Å². The number of fused-ring (bicyclic) bond motifs is 1. The summed E-state index contributed by atoms with van der Waals surface area (Å²) >= 11 is 0. The van der Waals surface area contributed by atoms with Crippen LogP contribution in [0.3, 0.4) is 0 Å². The lowest BCUT2D eigenvalue weighted by Gasteiger charge is -2.20. The van der Waals surface area contributed by atoms with Gasteiger partial charge < -0.3 is 5.32 Å². The van der Waals surface area contributed by atoms with E-state index < -0.39 is 0 Å². The first kappa shape index (κ1) is 13.8. The Kier molecular flexibility index (Phi) is 3.76. The molecule has 0 aliphatic rings. The monoisotopic (exact) mass is 279 g/mol. The first-order chi connectivity index (χ1) is 10.2. The zero-order valence-corrected chi connectivity index (χ0v) is 12.8. The van der Waals surface area contributed by atoms with Gasteiger partial charge in [0.25, 0.3) is 0 Å². The summed E-state index contributed by atoms with van der Waals surface area (Å²) in [6.45, 7) is 5.06. The van der Waals surface area contributed by atoms with Gasteiger partial charge in [-0.15, -0.1) is 0 Å². The molecule has 1 aromatic heterocycles. The first-order valence-corrected chi connectivity index (χ1v) is 7.44. The van der Waals surface area contributed by atoms with Crippen molar-refractivity contribution in [2.24, 2.45) is 0 Å². The van der Waals surface area contributed by atoms with Gasteiger partial charge in [-0.3, -0.25) is 4.68 Å². The quantitative estimate of drug-likeness (QED) is 0.789. The van der Waals surface area contributed by atoms with Crippen molar-refractivity contribution in [2.45, 2.75) is 26.4 Å². The van der Waals surface area contributed by atoms with Crippen LogP contribution in [0, 0.1) is 6.92 Å². The van der Waals surface area contributed by atoms with Crippen molar-refractivity contribution in [3.63, 3.8) is 0 Å². The molecule has 108 valence electrons. The van der Waals surface area contributed by atoms with E-state index in [1.807, 2.05) is 14.0 Å². The fourth-order valence-corrected chi connectivity index (χ4v) is 3.02. The highest BCUT2D eigenvalue weighted by molar-refractivity contribution is 5.86. The molecule has 3 heteroatoms. The van der Waals surface area contributed by atoms with E-state index in [0.717, 1.165) is 12.2 Å². The molecule has 3 aromatic rings. The average molecular weight is 279 g/mol. The maximum absolute atomic E-state index is 4.58. The molecule has 0 spiro atoms. The number of benzene rings is 2. The lowest BCUT2D eigenvalue weighted by atomic mass is 9.96. The third kappa shape index (κ3) is 2.45. The molecule has 1 heterocycles. The Hall–Kier alpha value is -2.13. The molecule has 21 heavy (non-hydrogen) atoms. The maximum Gasteiger partial charge on any atom is 0.0751 e. The van der Waals surface area contributed by atoms with Gasteiger partial charge in [0.2, 0.25) is 0 Å². The van der Waals surface area contributed by atoms with Gasteiger partial charge in [-0.2, -0.15) is 5.10 Å². The normalized spacial score (nSPS) is 12.7. The molecule has 0 saturated carbocycles. The van der Waals surface area contributed by atoms with E-state index in [1.165, 1.54) is 22.0 Å². The number of rotatable bonds is 4. The number of hydrogen-bond donors (Lipinski definition) is 1. The third-order valence-corrected chi connectivity index (χ3v) is 3.95. The Bertz CT molecular complexity index is 753. The molecule has 1 N–H and O–H groups in total. The molecule has 1 unspecified atom stereocenters. The minimum Gasteiger partial charge on any atom is -0.308 e. The summed E-state index contributed by atoms with van der Waals surface area (Å²) in [6.07, 6.45) is 0. The van der Waals surface area contributed by atoms with Crippen LogP contribution in [0.4, 0.5) is 0 Å². The molecule has 3 rings (SSSR count). The van der Waals surface area contributed by atoms with Gasteiger partial charge in [0.1, 0.15) is 0 Å². The number of aryl methyl sites for hydroxylation is 2. The van der Waals surface area contributed by atoms with Crippen molar-refractivity contribution < 1.29 is 0 Å². The second kappa shape index (κ2) is 5.70. The van der Waals surface area contributed by atoms with Gasteiger partial charge in [0.15, 0.2) is 0 Å². The summed E-state index contributed by atoms with van der Waals surface area (Å²) < 4.78 is 2.08. The summed E-state index contributed by atoms with van der Waals surface area (Å²) in [5.41, 5.74) is 3.58. The van der Waals surface area contributed by atoms with Gasteiger partial charge in [0.05, 0.1) is 17.4 Å². The molecule has 0 aliphatic heterocycles. The topological polar surface area (TPSA) is 29.9 Å². The molecule has 3 nitrogen and oxygen atoms in total. The second-order valence-corrected chi connectivity index (χ2v) is 5.32. The molecule has 0 fully saturated rings. The highest BCUT2D eigenvalue weighted by atomic mass is 15.3. The molecule has 0 amide bonds. The van der Waals surface area contributed by atoms with E-state index in [9.17, 15) is 0 Å². The molecule has 1 atom stereocenters. The molecule has 0 radical (unpaired) electrons. The van der Waals surface area contributed by atoms with Crippen LogP contribution < -0.4 is 5.32 Å². The summed E-state index contributed by atoms with van der Waals surface area (Å²) in [4.78, 5) is 0. The zero-order chi connectivity index (χ0) is 14.8. The first-order valence-electron chi connectivity index (χ1n) is 7.44. The van der Waals surface area contributed by atoms with Crippen LogP contribution >= 0.6 is 0 Å². The smallest absolute Gasteiger partial charge is 0.0751 e. The SMILES string of the molecule is CCn1nc(C)cc1C(NC)c1cccc2ccccc12. The van der Waals surface area contributed by atoms with Crippen LogP contribution in [0.1, 0.15) is 29.9 Å². The predicted molar refractivity (Wildman–Crippen MR) is 87.5 cm³/mol. The molecule has 0 saturated heterocycles. The average Bonchev–Trinajstić information content (AvgIpc) is 2.89. The number of nitrogens with zero attached hydrogens (tertiary/aromatic N) is 2. The lowest BCUT2D eigenvalue weighted by molar-refractivity contribution is 0.563. The van der Waals surface area contributed by atoms with Crippen LogP contribution in [0.2, 0.25) is 0 Å². The van der Waals surface area contributed by atoms with Crippen LogP contribution in [0.25, 0.3) is 10.8 Å². The van der Waals surface area contributed by atoms with Crippen molar-refractivity contribution in [3.8, 4) is 0 Å². The number of hydrogen-bond acceptors (Lipinski definition) is 2. The van der Waals surface area contributed by atoms with Crippen molar-refractivity contribution in [2.75, 3.05) is 7.05 Å². The van der Waals surface area contributed by atoms with E-state index in [1.54, 1.807) is 0 Å². The van der Waals surface area contributed by atoms with Crippen molar-refractivity contribution >= 4 is 10.8 Å². The zero-order valence-electron chi connectivity index (χ0n) is 12.8. The van der Waals surface area contributed by atoms with Crippen LogP contribution in [-0.4, -0.2) is 16.8 Å². The lowest BCUT2D eigenvalue weighted by Crippen LogP contribution is -2.21. The van der Waals surface area contributed by atoms with Gasteiger partial charge in [0, 0.05) is 6.54 Å². The Morgan fingerprint density at radius 1 is 1.14 bits per heavy atom. The van der Waals surface area contributed by atoms with Gasteiger partial charge >= 0.3 is 0 Å². The largest absolute Gasteiger partial charge is 0.308 e.